The molecule has 0 saturated carbocycles. The molecule has 2 nitrogen and oxygen atoms in total. The van der Waals surface area contributed by atoms with Crippen LogP contribution in [0.5, 0.6) is 0 Å². The van der Waals surface area contributed by atoms with Crippen LogP contribution in [0.2, 0.25) is 0 Å². The van der Waals surface area contributed by atoms with Gasteiger partial charge in [-0.3, -0.25) is 9.69 Å². The molecular weight excluding hydrogens is 366 g/mol. The molecule has 0 amide bonds. The highest BCUT2D eigenvalue weighted by Gasteiger charge is 2.25. The molecule has 0 aliphatic heterocycles. The lowest BCUT2D eigenvalue weighted by molar-refractivity contribution is 0.104. The number of nitrogens with zero attached hydrogens (tertiary/aromatic N) is 1. The SMILES string of the molecule is CN(C)C(C#Cc1ccccc1)(C#Cc1ccccc1)/C=C/C(=O)c1ccccc1. The molecular formula is C28H23NO. The van der Waals surface area contributed by atoms with E-state index in [-0.39, 0.29) is 5.78 Å². The van der Waals surface area contributed by atoms with Gasteiger partial charge in [0, 0.05) is 16.7 Å². The minimum absolute atomic E-state index is 0.0788. The van der Waals surface area contributed by atoms with Gasteiger partial charge in [0.2, 0.25) is 0 Å². The van der Waals surface area contributed by atoms with E-state index in [9.17, 15) is 4.79 Å². The molecule has 30 heavy (non-hydrogen) atoms. The van der Waals surface area contributed by atoms with Crippen LogP contribution in [0.1, 0.15) is 21.5 Å². The van der Waals surface area contributed by atoms with Gasteiger partial charge in [0.25, 0.3) is 0 Å². The van der Waals surface area contributed by atoms with Crippen molar-refractivity contribution in [2.45, 2.75) is 5.54 Å². The van der Waals surface area contributed by atoms with E-state index in [1.54, 1.807) is 24.3 Å². The summed E-state index contributed by atoms with van der Waals surface area (Å²) in [7, 11) is 3.83. The van der Waals surface area contributed by atoms with Gasteiger partial charge in [0.05, 0.1) is 0 Å². The van der Waals surface area contributed by atoms with Crippen molar-refractivity contribution in [2.75, 3.05) is 14.1 Å². The summed E-state index contributed by atoms with van der Waals surface area (Å²) in [6.07, 6.45) is 3.35. The summed E-state index contributed by atoms with van der Waals surface area (Å²) < 4.78 is 0. The first-order chi connectivity index (χ1) is 14.6. The van der Waals surface area contributed by atoms with Crippen LogP contribution >= 0.6 is 0 Å². The summed E-state index contributed by atoms with van der Waals surface area (Å²) in [5.41, 5.74) is 1.50. The van der Waals surface area contributed by atoms with Gasteiger partial charge in [-0.1, -0.05) is 90.4 Å². The molecule has 0 spiro atoms. The highest BCUT2D eigenvalue weighted by molar-refractivity contribution is 6.04. The van der Waals surface area contributed by atoms with Crippen LogP contribution in [0, 0.1) is 23.7 Å². The number of rotatable bonds is 4. The summed E-state index contributed by atoms with van der Waals surface area (Å²) >= 11 is 0. The fourth-order valence-electron chi connectivity index (χ4n) is 2.76. The van der Waals surface area contributed by atoms with Crippen molar-refractivity contribution >= 4 is 5.78 Å². The maximum atomic E-state index is 12.7. The molecule has 0 aliphatic rings. The normalized spacial score (nSPS) is 10.8. The Hall–Kier alpha value is -3.85. The zero-order valence-electron chi connectivity index (χ0n) is 17.2. The zero-order chi connectivity index (χ0) is 21.2. The van der Waals surface area contributed by atoms with Gasteiger partial charge in [-0.05, 0) is 50.5 Å². The van der Waals surface area contributed by atoms with Crippen LogP contribution in [0.15, 0.2) is 103 Å². The lowest BCUT2D eigenvalue weighted by atomic mass is 9.96. The van der Waals surface area contributed by atoms with E-state index in [0.29, 0.717) is 5.56 Å². The first-order valence-corrected chi connectivity index (χ1v) is 9.71. The third-order valence-corrected chi connectivity index (χ3v) is 4.58. The zero-order valence-corrected chi connectivity index (χ0v) is 17.2. The van der Waals surface area contributed by atoms with Gasteiger partial charge in [0.15, 0.2) is 11.3 Å². The van der Waals surface area contributed by atoms with E-state index < -0.39 is 5.54 Å². The van der Waals surface area contributed by atoms with Crippen LogP contribution in [0.3, 0.4) is 0 Å². The van der Waals surface area contributed by atoms with Crippen molar-refractivity contribution in [3.05, 3.63) is 120 Å². The van der Waals surface area contributed by atoms with Crippen LogP contribution < -0.4 is 0 Å². The molecule has 3 rings (SSSR count). The Morgan fingerprint density at radius 1 is 0.733 bits per heavy atom. The number of carbonyl (C=O) groups is 1. The van der Waals surface area contributed by atoms with Gasteiger partial charge >= 0.3 is 0 Å². The van der Waals surface area contributed by atoms with Crippen molar-refractivity contribution in [1.29, 1.82) is 0 Å². The number of allylic oxidation sites excluding steroid dienone is 1. The van der Waals surface area contributed by atoms with Crippen LogP contribution in [0.4, 0.5) is 0 Å². The van der Waals surface area contributed by atoms with Crippen LogP contribution in [0.25, 0.3) is 0 Å². The average Bonchev–Trinajstić information content (AvgIpc) is 2.80. The predicted molar refractivity (Wildman–Crippen MR) is 123 cm³/mol. The van der Waals surface area contributed by atoms with Crippen LogP contribution in [-0.2, 0) is 0 Å². The summed E-state index contributed by atoms with van der Waals surface area (Å²) in [4.78, 5) is 14.6. The molecule has 0 N–H and O–H groups in total. The summed E-state index contributed by atoms with van der Waals surface area (Å²) in [5, 5.41) is 0. The van der Waals surface area contributed by atoms with E-state index in [2.05, 4.69) is 23.7 Å². The number of ketones is 1. The number of likely N-dealkylation sites (N-methyl/N-ethyl adjacent to an activating group) is 1. The van der Waals surface area contributed by atoms with E-state index >= 15 is 0 Å². The second-order valence-corrected chi connectivity index (χ2v) is 6.96. The van der Waals surface area contributed by atoms with E-state index in [0.717, 1.165) is 11.1 Å². The van der Waals surface area contributed by atoms with Gasteiger partial charge in [0.1, 0.15) is 0 Å². The van der Waals surface area contributed by atoms with Crippen LogP contribution in [-0.4, -0.2) is 30.3 Å². The summed E-state index contributed by atoms with van der Waals surface area (Å²) in [5.74, 6) is 12.9. The Labute approximate surface area is 178 Å². The first kappa shape index (κ1) is 20.9. The topological polar surface area (TPSA) is 20.3 Å². The highest BCUT2D eigenvalue weighted by atomic mass is 16.1. The monoisotopic (exact) mass is 389 g/mol. The molecule has 0 atom stereocenters. The molecule has 0 saturated heterocycles. The molecule has 3 aromatic rings. The predicted octanol–water partition coefficient (Wildman–Crippen LogP) is 4.83. The van der Waals surface area contributed by atoms with Gasteiger partial charge in [-0.15, -0.1) is 0 Å². The largest absolute Gasteiger partial charge is 0.289 e. The molecule has 0 aromatic heterocycles. The van der Waals surface area contributed by atoms with Crippen molar-refractivity contribution in [1.82, 2.24) is 4.90 Å². The standard InChI is InChI=1S/C28H23NO/c1-29(2)28(21-18-24-12-6-3-7-13-24,22-19-25-14-8-4-9-15-25)23-20-27(30)26-16-10-5-11-17-26/h3-17,20,23H,1-2H3/b23-20+. The Bertz CT molecular complexity index is 1060. The molecule has 0 heterocycles. The summed E-state index contributed by atoms with van der Waals surface area (Å²) in [6, 6.07) is 28.7. The lowest BCUT2D eigenvalue weighted by Gasteiger charge is -2.27. The maximum Gasteiger partial charge on any atom is 0.185 e. The fourth-order valence-corrected chi connectivity index (χ4v) is 2.76. The third kappa shape index (κ3) is 5.58. The van der Waals surface area contributed by atoms with Crippen molar-refractivity contribution in [2.24, 2.45) is 0 Å². The molecule has 0 unspecified atom stereocenters. The molecule has 0 aliphatic carbocycles. The van der Waals surface area contributed by atoms with E-state index in [1.807, 2.05) is 97.9 Å². The second-order valence-electron chi connectivity index (χ2n) is 6.96. The number of benzene rings is 3. The average molecular weight is 389 g/mol. The molecule has 0 bridgehead atoms. The van der Waals surface area contributed by atoms with E-state index in [1.165, 1.54) is 0 Å². The van der Waals surface area contributed by atoms with Gasteiger partial charge in [-0.2, -0.15) is 0 Å². The minimum Gasteiger partial charge on any atom is -0.289 e. The quantitative estimate of drug-likeness (QED) is 0.362. The third-order valence-electron chi connectivity index (χ3n) is 4.58. The van der Waals surface area contributed by atoms with Crippen molar-refractivity contribution in [3.63, 3.8) is 0 Å². The molecule has 0 radical (unpaired) electrons. The minimum atomic E-state index is -0.921. The Morgan fingerprint density at radius 2 is 1.17 bits per heavy atom. The lowest BCUT2D eigenvalue weighted by Crippen LogP contribution is -2.40. The molecule has 0 fully saturated rings. The van der Waals surface area contributed by atoms with Gasteiger partial charge < -0.3 is 0 Å². The number of carbonyl (C=O) groups excluding carboxylic acids is 1. The van der Waals surface area contributed by atoms with Gasteiger partial charge in [-0.25, -0.2) is 0 Å². The molecule has 2 heteroatoms. The number of hydrogen-bond donors (Lipinski definition) is 0. The highest BCUT2D eigenvalue weighted by Crippen LogP contribution is 2.15. The Kier molecular flexibility index (Phi) is 7.01. The summed E-state index contributed by atoms with van der Waals surface area (Å²) in [6.45, 7) is 0. The maximum absolute atomic E-state index is 12.7. The van der Waals surface area contributed by atoms with Crippen molar-refractivity contribution < 1.29 is 4.79 Å². The fraction of sp³-hybridized carbons (Fsp3) is 0.107. The molecule has 3 aromatic carbocycles. The van der Waals surface area contributed by atoms with E-state index in [4.69, 9.17) is 0 Å². The number of hydrogen-bond acceptors (Lipinski definition) is 2. The molecule has 146 valence electrons. The Balaban J connectivity index is 2.04. The smallest absolute Gasteiger partial charge is 0.185 e. The first-order valence-electron chi connectivity index (χ1n) is 9.71. The Morgan fingerprint density at radius 3 is 1.60 bits per heavy atom. The second kappa shape index (κ2) is 10.1. The van der Waals surface area contributed by atoms with Crippen molar-refractivity contribution in [3.8, 4) is 23.7 Å².